The van der Waals surface area contributed by atoms with E-state index >= 15 is 0 Å². The van der Waals surface area contributed by atoms with E-state index in [-0.39, 0.29) is 31.4 Å². The van der Waals surface area contributed by atoms with Gasteiger partial charge in [-0.05, 0) is 12.2 Å². The highest BCUT2D eigenvalue weighted by Crippen LogP contribution is 2.43. The maximum atomic E-state index is 12.2. The van der Waals surface area contributed by atoms with Crippen molar-refractivity contribution in [2.75, 3.05) is 7.05 Å². The zero-order chi connectivity index (χ0) is 16.8. The molecule has 0 spiro atoms. The molecule has 8 heteroatoms. The van der Waals surface area contributed by atoms with Crippen molar-refractivity contribution in [2.24, 2.45) is 5.10 Å². The number of ketones is 1. The van der Waals surface area contributed by atoms with Gasteiger partial charge in [-0.3, -0.25) is 4.79 Å². The fraction of sp³-hybridized carbons (Fsp3) is 0.286. The topological polar surface area (TPSA) is 32.7 Å². The highest BCUT2D eigenvalue weighted by Gasteiger charge is 2.29. The monoisotopic (exact) mass is 394 g/mol. The van der Waals surface area contributed by atoms with Crippen molar-refractivity contribution >= 4 is 66.1 Å². The number of hydrogen-bond acceptors (Lipinski definition) is 3. The lowest BCUT2D eigenvalue weighted by Crippen LogP contribution is -2.40. The van der Waals surface area contributed by atoms with Crippen LogP contribution in [0.2, 0.25) is 39.7 Å². The molecule has 0 amide bonds. The Morgan fingerprint density at radius 3 is 1.91 bits per heavy atom. The van der Waals surface area contributed by atoms with E-state index in [9.17, 15) is 4.79 Å². The molecule has 118 valence electrons. The highest BCUT2D eigenvalue weighted by molar-refractivity contribution is 6.73. The summed E-state index contributed by atoms with van der Waals surface area (Å²) in [5.74, 6) is -0.268. The quantitative estimate of drug-likeness (QED) is 0.285. The van der Waals surface area contributed by atoms with Gasteiger partial charge in [-0.15, -0.1) is 0 Å². The van der Waals surface area contributed by atoms with Crippen molar-refractivity contribution in [3.63, 3.8) is 0 Å². The number of fused-ring (bicyclic) bond motifs is 1. The molecule has 1 aromatic rings. The average Bonchev–Trinajstić information content (AvgIpc) is 2.43. The number of rotatable bonds is 2. The Labute approximate surface area is 150 Å². The molecule has 2 rings (SSSR count). The Bertz CT molecular complexity index is 723. The fourth-order valence-electron chi connectivity index (χ4n) is 1.82. The molecule has 0 bridgehead atoms. The van der Waals surface area contributed by atoms with Gasteiger partial charge in [-0.1, -0.05) is 66.0 Å². The van der Waals surface area contributed by atoms with Crippen LogP contribution in [0.5, 0.6) is 0 Å². The summed E-state index contributed by atoms with van der Waals surface area (Å²) in [5, 5.41) is 5.07. The van der Waals surface area contributed by atoms with Crippen LogP contribution in [0.1, 0.15) is 15.9 Å². The lowest BCUT2D eigenvalue weighted by Gasteiger charge is -2.28. The van der Waals surface area contributed by atoms with Crippen molar-refractivity contribution in [1.29, 1.82) is 0 Å². The Kier molecular flexibility index (Phi) is 5.00. The van der Waals surface area contributed by atoms with Gasteiger partial charge in [-0.2, -0.15) is 5.10 Å². The van der Waals surface area contributed by atoms with Crippen LogP contribution >= 0.6 is 46.4 Å². The maximum Gasteiger partial charge on any atom is 0.188 e. The number of hydrogen-bond donors (Lipinski definition) is 0. The zero-order valence-electron chi connectivity index (χ0n) is 12.5. The summed E-state index contributed by atoms with van der Waals surface area (Å²) in [6.45, 7) is 6.46. The molecule has 22 heavy (non-hydrogen) atoms. The molecule has 3 nitrogen and oxygen atoms in total. The highest BCUT2D eigenvalue weighted by atomic mass is 35.5. The molecular formula is C14H14Cl4N2OSi. The minimum absolute atomic E-state index is 0.0774. The first kappa shape index (κ1) is 17.8. The predicted molar refractivity (Wildman–Crippen MR) is 97.6 cm³/mol. The Hall–Kier alpha value is -0.523. The molecule has 0 radical (unpaired) electrons. The fourth-order valence-corrected chi connectivity index (χ4v) is 3.27. The van der Waals surface area contributed by atoms with E-state index in [2.05, 4.69) is 24.7 Å². The summed E-state index contributed by atoms with van der Waals surface area (Å²) >= 11 is 24.6. The molecule has 0 saturated carbocycles. The van der Waals surface area contributed by atoms with Crippen molar-refractivity contribution in [2.45, 2.75) is 19.6 Å². The van der Waals surface area contributed by atoms with Gasteiger partial charge in [0.2, 0.25) is 0 Å². The van der Waals surface area contributed by atoms with E-state index < -0.39 is 8.24 Å². The maximum absolute atomic E-state index is 12.2. The summed E-state index contributed by atoms with van der Waals surface area (Å²) in [7, 11) is 0.253. The van der Waals surface area contributed by atoms with E-state index in [4.69, 9.17) is 46.4 Å². The van der Waals surface area contributed by atoms with Crippen LogP contribution in [-0.4, -0.2) is 31.5 Å². The van der Waals surface area contributed by atoms with E-state index in [1.807, 2.05) is 11.7 Å². The molecule has 0 heterocycles. The van der Waals surface area contributed by atoms with Crippen LogP contribution in [0, 0.1) is 0 Å². The third kappa shape index (κ3) is 3.08. The largest absolute Gasteiger partial charge is 0.327 e. The number of carbonyl (C=O) groups excluding carboxylic acids is 1. The van der Waals surface area contributed by atoms with Gasteiger partial charge in [0, 0.05) is 12.6 Å². The summed E-state index contributed by atoms with van der Waals surface area (Å²) in [4.78, 5) is 12.2. The Balaban J connectivity index is 2.74. The summed E-state index contributed by atoms with van der Waals surface area (Å²) in [5.41, 5.74) is 1.22. The van der Waals surface area contributed by atoms with E-state index in [0.29, 0.717) is 11.3 Å². The van der Waals surface area contributed by atoms with Gasteiger partial charge in [0.05, 0.1) is 31.4 Å². The molecule has 0 atom stereocenters. The van der Waals surface area contributed by atoms with Crippen molar-refractivity contribution in [3.05, 3.63) is 43.4 Å². The lowest BCUT2D eigenvalue weighted by atomic mass is 9.94. The van der Waals surface area contributed by atoms with Gasteiger partial charge in [0.25, 0.3) is 0 Å². The number of benzene rings is 1. The molecule has 0 unspecified atom stereocenters. The minimum Gasteiger partial charge on any atom is -0.327 e. The third-order valence-corrected chi connectivity index (χ3v) is 7.23. The first-order chi connectivity index (χ1) is 10.1. The van der Waals surface area contributed by atoms with Crippen molar-refractivity contribution in [1.82, 2.24) is 4.67 Å². The predicted octanol–water partition coefficient (Wildman–Crippen LogP) is 5.52. The van der Waals surface area contributed by atoms with Crippen LogP contribution in [0.15, 0.2) is 17.3 Å². The molecule has 1 aromatic carbocycles. The molecule has 0 fully saturated rings. The molecule has 0 N–H and O–H groups in total. The summed E-state index contributed by atoms with van der Waals surface area (Å²) in [6, 6.07) is 0. The van der Waals surface area contributed by atoms with Crippen LogP contribution < -0.4 is 0 Å². The lowest BCUT2D eigenvalue weighted by molar-refractivity contribution is 0.104. The number of hydrazone groups is 1. The number of halogens is 4. The zero-order valence-corrected chi connectivity index (χ0v) is 16.5. The van der Waals surface area contributed by atoms with E-state index in [1.54, 1.807) is 6.08 Å². The summed E-state index contributed by atoms with van der Waals surface area (Å²) in [6.07, 6.45) is 3.03. The summed E-state index contributed by atoms with van der Waals surface area (Å²) < 4.78 is 1.92. The second-order valence-corrected chi connectivity index (χ2v) is 12.4. The van der Waals surface area contributed by atoms with Gasteiger partial charge < -0.3 is 4.67 Å². The van der Waals surface area contributed by atoms with Crippen LogP contribution in [0.3, 0.4) is 0 Å². The number of carbonyl (C=O) groups is 1. The molecule has 0 saturated heterocycles. The van der Waals surface area contributed by atoms with Crippen LogP contribution in [0.25, 0.3) is 0 Å². The second kappa shape index (κ2) is 6.17. The Morgan fingerprint density at radius 1 is 0.909 bits per heavy atom. The number of nitrogens with zero attached hydrogens (tertiary/aromatic N) is 2. The van der Waals surface area contributed by atoms with Gasteiger partial charge >= 0.3 is 0 Å². The van der Waals surface area contributed by atoms with Gasteiger partial charge in [0.1, 0.15) is 0 Å². The van der Waals surface area contributed by atoms with Gasteiger partial charge in [0.15, 0.2) is 14.0 Å². The first-order valence-corrected chi connectivity index (χ1v) is 11.4. The van der Waals surface area contributed by atoms with Crippen molar-refractivity contribution in [3.8, 4) is 0 Å². The third-order valence-electron chi connectivity index (χ3n) is 3.39. The van der Waals surface area contributed by atoms with E-state index in [1.165, 1.54) is 6.08 Å². The normalized spacial score (nSPS) is 16.2. The molecule has 1 aliphatic carbocycles. The SMILES string of the molecule is CN(N=C1C=CC(=O)c2c(Cl)c(Cl)c(Cl)c(Cl)c21)[Si](C)(C)C. The van der Waals surface area contributed by atoms with Crippen molar-refractivity contribution < 1.29 is 4.79 Å². The van der Waals surface area contributed by atoms with Gasteiger partial charge in [-0.25, -0.2) is 0 Å². The smallest absolute Gasteiger partial charge is 0.188 e. The molecular weight excluding hydrogens is 382 g/mol. The molecule has 1 aliphatic rings. The Morgan fingerprint density at radius 2 is 1.41 bits per heavy atom. The first-order valence-electron chi connectivity index (χ1n) is 6.47. The molecule has 0 aliphatic heterocycles. The second-order valence-electron chi connectivity index (χ2n) is 5.88. The van der Waals surface area contributed by atoms with Crippen LogP contribution in [0.4, 0.5) is 0 Å². The van der Waals surface area contributed by atoms with Crippen LogP contribution in [-0.2, 0) is 0 Å². The molecule has 0 aromatic heterocycles. The van der Waals surface area contributed by atoms with E-state index in [0.717, 1.165) is 0 Å². The standard InChI is InChI=1S/C14H14Cl4N2OSi/c1-20(22(2,3)4)19-7-5-6-8(21)10-9(7)11(15)13(17)14(18)12(10)16/h5-6H,1-4H3. The number of allylic oxidation sites excluding steroid dienone is 2. The average molecular weight is 396 g/mol. The minimum atomic E-state index is -1.65.